The highest BCUT2D eigenvalue weighted by Gasteiger charge is 2.52. The summed E-state index contributed by atoms with van der Waals surface area (Å²) >= 11 is 3.48. The van der Waals surface area contributed by atoms with Crippen molar-refractivity contribution in [3.05, 3.63) is 269 Å². The first kappa shape index (κ1) is 42.0. The number of thiophene rings is 2. The quantitative estimate of drug-likeness (QED) is 0.128. The minimum Gasteiger partial charge on any atom is -0.289 e. The third kappa shape index (κ3) is 5.68. The zero-order valence-electron chi connectivity index (χ0n) is 38.9. The number of fused-ring (bicyclic) bond motifs is 11. The lowest BCUT2D eigenvalue weighted by Gasteiger charge is -2.35. The lowest BCUT2D eigenvalue weighted by atomic mass is 9.65. The number of benzene rings is 8. The number of rotatable bonds is 5. The Kier molecular flexibility index (Phi) is 9.24. The fourth-order valence-electron chi connectivity index (χ4n) is 12.1. The Balaban J connectivity index is 1.18. The maximum Gasteiger partial charge on any atom is 0.194 e. The number of Topliss-reactive ketones (excluding diaryl/α,β-unsaturated/α-hetero) is 1. The van der Waals surface area contributed by atoms with E-state index < -0.39 is 10.8 Å². The number of hydrogen-bond donors (Lipinski definition) is 0. The molecule has 0 amide bonds. The number of carbonyl (C=O) groups is 1. The summed E-state index contributed by atoms with van der Waals surface area (Å²) < 4.78 is 2.41. The Morgan fingerprint density at radius 3 is 1.43 bits per heavy atom. The molecule has 0 fully saturated rings. The number of aryl methyl sites for hydroxylation is 4. The summed E-state index contributed by atoms with van der Waals surface area (Å²) in [5.41, 5.74) is 20.0. The summed E-state index contributed by atoms with van der Waals surface area (Å²) in [6, 6.07) is 66.9. The molecule has 2 aromatic heterocycles. The van der Waals surface area contributed by atoms with Crippen LogP contribution in [-0.4, -0.2) is 5.78 Å². The van der Waals surface area contributed by atoms with E-state index in [-0.39, 0.29) is 11.4 Å². The van der Waals surface area contributed by atoms with Gasteiger partial charge >= 0.3 is 0 Å². The van der Waals surface area contributed by atoms with E-state index in [1.165, 1.54) is 99.1 Å². The summed E-state index contributed by atoms with van der Waals surface area (Å²) in [7, 11) is 0. The average Bonchev–Trinajstić information content (AvgIpc) is 4.20. The third-order valence-corrected chi connectivity index (χ3v) is 17.4. The molecule has 3 aliphatic carbocycles. The van der Waals surface area contributed by atoms with Crippen molar-refractivity contribution < 1.29 is 4.79 Å². The molecule has 0 aliphatic heterocycles. The molecule has 70 heavy (non-hydrogen) atoms. The molecule has 330 valence electrons. The molecule has 0 N–H and O–H groups in total. The summed E-state index contributed by atoms with van der Waals surface area (Å²) in [6.45, 7) is 8.63. The minimum atomic E-state index is -0.701. The van der Waals surface area contributed by atoms with Crippen LogP contribution in [0, 0.1) is 50.4 Å². The molecule has 0 spiro atoms. The first-order valence-electron chi connectivity index (χ1n) is 23.6. The molecule has 0 atom stereocenters. The number of allylic oxidation sites excluding steroid dienone is 3. The number of ketones is 1. The van der Waals surface area contributed by atoms with Crippen LogP contribution in [-0.2, 0) is 10.8 Å². The molecule has 0 radical (unpaired) electrons. The molecule has 5 heteroatoms. The minimum absolute atomic E-state index is 0.0678. The van der Waals surface area contributed by atoms with Crippen LogP contribution < -0.4 is 0 Å². The molecular formula is C65H42N2OS2. The van der Waals surface area contributed by atoms with Crippen molar-refractivity contribution in [1.82, 2.24) is 0 Å². The van der Waals surface area contributed by atoms with Crippen LogP contribution in [0.1, 0.15) is 87.6 Å². The lowest BCUT2D eigenvalue weighted by molar-refractivity contribution is 0.104. The third-order valence-electron chi connectivity index (χ3n) is 15.3. The van der Waals surface area contributed by atoms with Crippen molar-refractivity contribution in [3.8, 4) is 34.4 Å². The van der Waals surface area contributed by atoms with Gasteiger partial charge in [-0.05, 0) is 135 Å². The SMILES string of the molecule is Cc1ccc(C2(c3ccc(C)cc3)c3cc4c(cc3-c3c2ccc2ccsc32)C(c2ccc(C)cc2)(c2ccc(C)cc2)c2ccc3cc(/C=C5\C(=O)c6ccccc6C5=C(C#N)C#N)sc3c2-4)cc1. The molecule has 3 aliphatic rings. The lowest BCUT2D eigenvalue weighted by Crippen LogP contribution is -2.30. The Hall–Kier alpha value is -8.19. The van der Waals surface area contributed by atoms with Gasteiger partial charge in [-0.2, -0.15) is 10.5 Å². The van der Waals surface area contributed by atoms with E-state index >= 15 is 0 Å². The zero-order valence-corrected chi connectivity index (χ0v) is 40.6. The number of nitriles is 2. The van der Waals surface area contributed by atoms with Crippen LogP contribution in [0.2, 0.25) is 0 Å². The predicted octanol–water partition coefficient (Wildman–Crippen LogP) is 16.2. The normalized spacial score (nSPS) is 15.1. The van der Waals surface area contributed by atoms with Crippen LogP contribution >= 0.6 is 22.7 Å². The van der Waals surface area contributed by atoms with E-state index in [1.54, 1.807) is 17.4 Å². The van der Waals surface area contributed by atoms with Gasteiger partial charge in [-0.15, -0.1) is 22.7 Å². The van der Waals surface area contributed by atoms with Crippen LogP contribution in [0.15, 0.2) is 186 Å². The monoisotopic (exact) mass is 930 g/mol. The fraction of sp³-hybridized carbons (Fsp3) is 0.0923. The van der Waals surface area contributed by atoms with E-state index in [0.29, 0.717) is 22.3 Å². The van der Waals surface area contributed by atoms with Crippen molar-refractivity contribution in [2.24, 2.45) is 0 Å². The van der Waals surface area contributed by atoms with Crippen LogP contribution in [0.5, 0.6) is 0 Å². The van der Waals surface area contributed by atoms with Gasteiger partial charge in [-0.25, -0.2) is 0 Å². The van der Waals surface area contributed by atoms with Crippen LogP contribution in [0.4, 0.5) is 0 Å². The van der Waals surface area contributed by atoms with Crippen LogP contribution in [0.25, 0.3) is 54.1 Å². The van der Waals surface area contributed by atoms with Gasteiger partial charge in [0.15, 0.2) is 5.78 Å². The van der Waals surface area contributed by atoms with Gasteiger partial charge in [0.05, 0.1) is 10.8 Å². The number of hydrogen-bond acceptors (Lipinski definition) is 5. The second-order valence-electron chi connectivity index (χ2n) is 19.2. The summed E-state index contributed by atoms with van der Waals surface area (Å²) in [5.74, 6) is -0.182. The van der Waals surface area contributed by atoms with E-state index in [0.717, 1.165) is 15.0 Å². The molecule has 0 saturated carbocycles. The van der Waals surface area contributed by atoms with Crippen molar-refractivity contribution >= 4 is 60.3 Å². The molecule has 10 aromatic rings. The van der Waals surface area contributed by atoms with Gasteiger partial charge in [-0.3, -0.25) is 4.79 Å². The molecule has 8 aromatic carbocycles. The number of nitrogens with zero attached hydrogens (tertiary/aromatic N) is 2. The van der Waals surface area contributed by atoms with E-state index in [4.69, 9.17) is 0 Å². The van der Waals surface area contributed by atoms with Gasteiger partial charge in [-0.1, -0.05) is 168 Å². The van der Waals surface area contributed by atoms with Gasteiger partial charge in [0.25, 0.3) is 0 Å². The largest absolute Gasteiger partial charge is 0.289 e. The smallest absolute Gasteiger partial charge is 0.194 e. The van der Waals surface area contributed by atoms with Crippen molar-refractivity contribution in [2.75, 3.05) is 0 Å². The maximum absolute atomic E-state index is 14.2. The Morgan fingerprint density at radius 2 is 0.943 bits per heavy atom. The molecule has 3 nitrogen and oxygen atoms in total. The van der Waals surface area contributed by atoms with Crippen molar-refractivity contribution in [1.29, 1.82) is 10.5 Å². The second kappa shape index (κ2) is 15.4. The topological polar surface area (TPSA) is 64.7 Å². The first-order valence-corrected chi connectivity index (χ1v) is 25.3. The van der Waals surface area contributed by atoms with E-state index in [1.807, 2.05) is 35.6 Å². The standard InChI is InChI=1S/C65H42N2OS2/c1-37-9-19-44(20-10-37)64(45-21-11-38(2)12-22-45)54-27-17-41-29-30-69-62(41)59(54)51-33-57-52(34-56(51)64)60-55(65(57,46-23-13-39(3)14-24-46)47-25-15-40(4)16-26-47)28-18-42-31-48(70-63(42)60)32-53-58(43(35-66)36-67)49-7-5-6-8-50(49)61(53)68/h5-34H,1-4H3/b53-32-. The number of carbonyl (C=O) groups excluding carboxylic acids is 1. The van der Waals surface area contributed by atoms with E-state index in [2.05, 4.69) is 191 Å². The van der Waals surface area contributed by atoms with Gasteiger partial charge < -0.3 is 0 Å². The molecule has 13 rings (SSSR count). The predicted molar refractivity (Wildman–Crippen MR) is 288 cm³/mol. The maximum atomic E-state index is 14.2. The molecule has 0 saturated heterocycles. The first-order chi connectivity index (χ1) is 34.1. The highest BCUT2D eigenvalue weighted by Crippen LogP contribution is 2.65. The Labute approximate surface area is 415 Å². The highest BCUT2D eigenvalue weighted by atomic mass is 32.1. The van der Waals surface area contributed by atoms with Crippen molar-refractivity contribution in [3.63, 3.8) is 0 Å². The fourth-order valence-corrected chi connectivity index (χ4v) is 14.2. The zero-order chi connectivity index (χ0) is 47.6. The molecular weight excluding hydrogens is 889 g/mol. The van der Waals surface area contributed by atoms with E-state index in [9.17, 15) is 15.3 Å². The van der Waals surface area contributed by atoms with Crippen molar-refractivity contribution in [2.45, 2.75) is 38.5 Å². The Bertz CT molecular complexity index is 3940. The molecule has 2 heterocycles. The van der Waals surface area contributed by atoms with Crippen LogP contribution in [0.3, 0.4) is 0 Å². The second-order valence-corrected chi connectivity index (χ2v) is 21.2. The van der Waals surface area contributed by atoms with Gasteiger partial charge in [0, 0.05) is 42.1 Å². The molecule has 0 bridgehead atoms. The highest BCUT2D eigenvalue weighted by molar-refractivity contribution is 7.20. The summed E-state index contributed by atoms with van der Waals surface area (Å²) in [6.07, 6.45) is 1.90. The van der Waals surface area contributed by atoms with Gasteiger partial charge in [0.1, 0.15) is 17.7 Å². The van der Waals surface area contributed by atoms with Gasteiger partial charge in [0.2, 0.25) is 0 Å². The average molecular weight is 931 g/mol. The summed E-state index contributed by atoms with van der Waals surface area (Å²) in [4.78, 5) is 15.1. The Morgan fingerprint density at radius 1 is 0.486 bits per heavy atom. The molecule has 0 unspecified atom stereocenters. The summed E-state index contributed by atoms with van der Waals surface area (Å²) in [5, 5.41) is 24.9.